The van der Waals surface area contributed by atoms with Gasteiger partial charge in [0.25, 0.3) is 0 Å². The lowest BCUT2D eigenvalue weighted by molar-refractivity contribution is -0.113. The van der Waals surface area contributed by atoms with Crippen LogP contribution in [0.1, 0.15) is 12.8 Å². The summed E-state index contributed by atoms with van der Waals surface area (Å²) in [5.74, 6) is -0.194. The minimum atomic E-state index is -0.414. The standard InChI is InChI=1S/C13H16BrFN2OS/c14-9-1-2-11(15)12(7-9)17-13(18)8-19-10-3-5-16-6-4-10/h1-2,7,10,16H,3-6,8H2,(H,17,18). The topological polar surface area (TPSA) is 41.1 Å². The van der Waals surface area contributed by atoms with E-state index in [1.54, 1.807) is 23.9 Å². The summed E-state index contributed by atoms with van der Waals surface area (Å²) in [6, 6.07) is 4.51. The van der Waals surface area contributed by atoms with Crippen molar-refractivity contribution in [3.63, 3.8) is 0 Å². The second-order valence-corrected chi connectivity index (χ2v) is 6.64. The predicted molar refractivity (Wildman–Crippen MR) is 81.1 cm³/mol. The van der Waals surface area contributed by atoms with Crippen LogP contribution in [-0.4, -0.2) is 30.0 Å². The maximum atomic E-state index is 13.5. The van der Waals surface area contributed by atoms with Gasteiger partial charge in [-0.3, -0.25) is 4.79 Å². The minimum Gasteiger partial charge on any atom is -0.323 e. The summed E-state index contributed by atoms with van der Waals surface area (Å²) < 4.78 is 14.2. The Morgan fingerprint density at radius 2 is 2.21 bits per heavy atom. The zero-order chi connectivity index (χ0) is 13.7. The summed E-state index contributed by atoms with van der Waals surface area (Å²) in [6.45, 7) is 2.03. The SMILES string of the molecule is O=C(CSC1CCNCC1)Nc1cc(Br)ccc1F. The van der Waals surface area contributed by atoms with E-state index in [9.17, 15) is 9.18 Å². The summed E-state index contributed by atoms with van der Waals surface area (Å²) in [5.41, 5.74) is 0.227. The molecule has 0 bridgehead atoms. The van der Waals surface area contributed by atoms with Crippen LogP contribution in [0, 0.1) is 5.82 Å². The molecule has 1 aromatic rings. The lowest BCUT2D eigenvalue weighted by Gasteiger charge is -2.21. The second-order valence-electron chi connectivity index (χ2n) is 4.43. The molecule has 6 heteroatoms. The number of hydrogen-bond acceptors (Lipinski definition) is 3. The molecule has 0 aromatic heterocycles. The third-order valence-corrected chi connectivity index (χ3v) is 4.80. The molecule has 0 aliphatic carbocycles. The number of piperidine rings is 1. The third-order valence-electron chi connectivity index (χ3n) is 2.94. The fourth-order valence-electron chi connectivity index (χ4n) is 1.94. The van der Waals surface area contributed by atoms with Crippen molar-refractivity contribution >= 4 is 39.3 Å². The molecule has 1 fully saturated rings. The largest absolute Gasteiger partial charge is 0.323 e. The molecular formula is C13H16BrFN2OS. The Labute approximate surface area is 124 Å². The second kappa shape index (κ2) is 7.26. The highest BCUT2D eigenvalue weighted by Crippen LogP contribution is 2.22. The van der Waals surface area contributed by atoms with Crippen LogP contribution in [-0.2, 0) is 4.79 Å². The predicted octanol–water partition coefficient (Wildman–Crippen LogP) is 3.01. The zero-order valence-electron chi connectivity index (χ0n) is 10.4. The number of benzene rings is 1. The van der Waals surface area contributed by atoms with Gasteiger partial charge in [-0.2, -0.15) is 0 Å². The van der Waals surface area contributed by atoms with Crippen LogP contribution >= 0.6 is 27.7 Å². The average molecular weight is 347 g/mol. The first-order valence-corrected chi connectivity index (χ1v) is 8.06. The summed E-state index contributed by atoms with van der Waals surface area (Å²) in [6.07, 6.45) is 2.17. The van der Waals surface area contributed by atoms with E-state index >= 15 is 0 Å². The third kappa shape index (κ3) is 4.78. The van der Waals surface area contributed by atoms with Crippen molar-refractivity contribution in [3.8, 4) is 0 Å². The molecule has 3 nitrogen and oxygen atoms in total. The van der Waals surface area contributed by atoms with Gasteiger partial charge < -0.3 is 10.6 Å². The molecule has 2 rings (SSSR count). The quantitative estimate of drug-likeness (QED) is 0.880. The molecule has 1 amide bonds. The minimum absolute atomic E-state index is 0.152. The Morgan fingerprint density at radius 3 is 2.95 bits per heavy atom. The maximum absolute atomic E-state index is 13.5. The van der Waals surface area contributed by atoms with Gasteiger partial charge in [-0.1, -0.05) is 15.9 Å². The van der Waals surface area contributed by atoms with E-state index in [-0.39, 0.29) is 11.6 Å². The van der Waals surface area contributed by atoms with E-state index in [0.717, 1.165) is 30.4 Å². The molecule has 0 radical (unpaired) electrons. The van der Waals surface area contributed by atoms with Crippen molar-refractivity contribution in [2.75, 3.05) is 24.2 Å². The summed E-state index contributed by atoms with van der Waals surface area (Å²) in [4.78, 5) is 11.8. The van der Waals surface area contributed by atoms with Crippen molar-refractivity contribution in [3.05, 3.63) is 28.5 Å². The van der Waals surface area contributed by atoms with E-state index < -0.39 is 5.82 Å². The Morgan fingerprint density at radius 1 is 1.47 bits per heavy atom. The fourth-order valence-corrected chi connectivity index (χ4v) is 3.32. The number of carbonyl (C=O) groups excluding carboxylic acids is 1. The number of halogens is 2. The van der Waals surface area contributed by atoms with Gasteiger partial charge in [-0.25, -0.2) is 4.39 Å². The molecular weight excluding hydrogens is 331 g/mol. The van der Waals surface area contributed by atoms with Crippen LogP contribution in [0.25, 0.3) is 0 Å². The number of thioether (sulfide) groups is 1. The van der Waals surface area contributed by atoms with Crippen molar-refractivity contribution in [2.24, 2.45) is 0 Å². The van der Waals surface area contributed by atoms with Gasteiger partial charge in [0.05, 0.1) is 11.4 Å². The summed E-state index contributed by atoms with van der Waals surface area (Å²) >= 11 is 4.91. The van der Waals surface area contributed by atoms with Gasteiger partial charge in [0.2, 0.25) is 5.91 Å². The van der Waals surface area contributed by atoms with E-state index in [2.05, 4.69) is 26.6 Å². The molecule has 0 atom stereocenters. The molecule has 0 unspecified atom stereocenters. The number of amides is 1. The summed E-state index contributed by atoms with van der Waals surface area (Å²) in [5, 5.41) is 6.42. The molecule has 2 N–H and O–H groups in total. The lowest BCUT2D eigenvalue weighted by atomic mass is 10.2. The van der Waals surface area contributed by atoms with Crippen LogP contribution in [0.15, 0.2) is 22.7 Å². The molecule has 1 heterocycles. The summed E-state index contributed by atoms with van der Waals surface area (Å²) in [7, 11) is 0. The smallest absolute Gasteiger partial charge is 0.234 e. The monoisotopic (exact) mass is 346 g/mol. The number of carbonyl (C=O) groups is 1. The highest BCUT2D eigenvalue weighted by atomic mass is 79.9. The van der Waals surface area contributed by atoms with Crippen molar-refractivity contribution < 1.29 is 9.18 Å². The molecule has 104 valence electrons. The van der Waals surface area contributed by atoms with Crippen molar-refractivity contribution in [1.82, 2.24) is 5.32 Å². The van der Waals surface area contributed by atoms with Crippen LogP contribution in [0.3, 0.4) is 0 Å². The van der Waals surface area contributed by atoms with Crippen molar-refractivity contribution in [2.45, 2.75) is 18.1 Å². The van der Waals surface area contributed by atoms with Crippen LogP contribution in [0.5, 0.6) is 0 Å². The number of hydrogen-bond donors (Lipinski definition) is 2. The molecule has 1 aliphatic heterocycles. The van der Waals surface area contributed by atoms with Crippen LogP contribution < -0.4 is 10.6 Å². The van der Waals surface area contributed by atoms with Gasteiger partial charge in [-0.05, 0) is 44.1 Å². The highest BCUT2D eigenvalue weighted by Gasteiger charge is 2.15. The molecule has 1 aliphatic rings. The molecule has 19 heavy (non-hydrogen) atoms. The lowest BCUT2D eigenvalue weighted by Crippen LogP contribution is -2.30. The van der Waals surface area contributed by atoms with Gasteiger partial charge >= 0.3 is 0 Å². The molecule has 0 spiro atoms. The fraction of sp³-hybridized carbons (Fsp3) is 0.462. The van der Waals surface area contributed by atoms with Gasteiger partial charge in [-0.15, -0.1) is 11.8 Å². The highest BCUT2D eigenvalue weighted by molar-refractivity contribution is 9.10. The van der Waals surface area contributed by atoms with Crippen LogP contribution in [0.4, 0.5) is 10.1 Å². The average Bonchev–Trinajstić information content (AvgIpc) is 2.42. The molecule has 1 aromatic carbocycles. The Hall–Kier alpha value is -0.590. The van der Waals surface area contributed by atoms with Gasteiger partial charge in [0.1, 0.15) is 5.82 Å². The van der Waals surface area contributed by atoms with E-state index in [4.69, 9.17) is 0 Å². The van der Waals surface area contributed by atoms with Gasteiger partial charge in [0, 0.05) is 9.72 Å². The Balaban J connectivity index is 1.81. The molecule has 0 saturated carbocycles. The Bertz CT molecular complexity index is 452. The van der Waals surface area contributed by atoms with Gasteiger partial charge in [0.15, 0.2) is 0 Å². The normalized spacial score (nSPS) is 16.3. The van der Waals surface area contributed by atoms with Crippen molar-refractivity contribution in [1.29, 1.82) is 0 Å². The van der Waals surface area contributed by atoms with E-state index in [0.29, 0.717) is 11.0 Å². The maximum Gasteiger partial charge on any atom is 0.234 e. The van der Waals surface area contributed by atoms with E-state index in [1.165, 1.54) is 6.07 Å². The number of nitrogens with one attached hydrogen (secondary N) is 2. The first-order chi connectivity index (χ1) is 9.15. The zero-order valence-corrected chi connectivity index (χ0v) is 12.8. The van der Waals surface area contributed by atoms with Crippen LogP contribution in [0.2, 0.25) is 0 Å². The van der Waals surface area contributed by atoms with E-state index in [1.807, 2.05) is 0 Å². The molecule has 1 saturated heterocycles. The number of rotatable bonds is 4. The Kier molecular flexibility index (Phi) is 5.66. The first-order valence-electron chi connectivity index (χ1n) is 6.22. The first kappa shape index (κ1) is 14.8. The number of anilines is 1.